The number of rotatable bonds is 6. The topological polar surface area (TPSA) is 26.3 Å². The van der Waals surface area contributed by atoms with Crippen LogP contribution in [-0.2, 0) is 9.53 Å². The van der Waals surface area contributed by atoms with Crippen LogP contribution >= 0.6 is 0 Å². The molecule has 0 amide bonds. The molecule has 0 heterocycles. The molecule has 0 aromatic rings. The minimum atomic E-state index is -0.521. The molecule has 1 atom stereocenters. The maximum absolute atomic E-state index is 12.8. The molecule has 0 radical (unpaired) electrons. The van der Waals surface area contributed by atoms with E-state index in [1.165, 1.54) is 5.57 Å². The minimum Gasteiger partial charge on any atom is -0.426 e. The molecule has 25 heavy (non-hydrogen) atoms. The molecular formula is C23H42O2. The highest BCUT2D eigenvalue weighted by Gasteiger charge is 2.45. The Morgan fingerprint density at radius 1 is 1.00 bits per heavy atom. The largest absolute Gasteiger partial charge is 0.426 e. The molecule has 0 saturated carbocycles. The predicted molar refractivity (Wildman–Crippen MR) is 111 cm³/mol. The lowest BCUT2D eigenvalue weighted by Crippen LogP contribution is -2.41. The summed E-state index contributed by atoms with van der Waals surface area (Å²) < 4.78 is 5.67. The van der Waals surface area contributed by atoms with Crippen molar-refractivity contribution in [3.05, 3.63) is 36.1 Å². The maximum Gasteiger partial charge on any atom is 0.317 e. The van der Waals surface area contributed by atoms with Crippen molar-refractivity contribution in [2.45, 2.75) is 89.0 Å². The molecule has 0 rings (SSSR count). The summed E-state index contributed by atoms with van der Waals surface area (Å²) in [5.74, 6) is 0.324. The van der Waals surface area contributed by atoms with Gasteiger partial charge in [-0.3, -0.25) is 4.79 Å². The van der Waals surface area contributed by atoms with E-state index in [4.69, 9.17) is 4.74 Å². The number of carbonyl (C=O) groups is 1. The van der Waals surface area contributed by atoms with Gasteiger partial charge in [0.25, 0.3) is 0 Å². The van der Waals surface area contributed by atoms with Crippen molar-refractivity contribution in [3.8, 4) is 0 Å². The minimum absolute atomic E-state index is 0.0922. The molecule has 146 valence electrons. The van der Waals surface area contributed by atoms with E-state index in [9.17, 15) is 4.79 Å². The number of carbonyl (C=O) groups excluding carboxylic acids is 1. The molecule has 0 saturated heterocycles. The molecule has 0 aromatic carbocycles. The molecule has 2 heteroatoms. The van der Waals surface area contributed by atoms with E-state index in [1.807, 2.05) is 32.9 Å². The lowest BCUT2D eigenvalue weighted by atomic mass is 9.65. The first-order valence-electron chi connectivity index (χ1n) is 9.53. The third-order valence-electron chi connectivity index (χ3n) is 4.95. The van der Waals surface area contributed by atoms with Gasteiger partial charge in [0.2, 0.25) is 0 Å². The molecule has 0 fully saturated rings. The van der Waals surface area contributed by atoms with Crippen molar-refractivity contribution >= 4 is 5.97 Å². The van der Waals surface area contributed by atoms with Crippen molar-refractivity contribution in [3.63, 3.8) is 0 Å². The van der Waals surface area contributed by atoms with Gasteiger partial charge in [0, 0.05) is 0 Å². The normalized spacial score (nSPS) is 15.6. The Hall–Kier alpha value is -1.31. The van der Waals surface area contributed by atoms with Crippen LogP contribution < -0.4 is 0 Å². The van der Waals surface area contributed by atoms with Crippen molar-refractivity contribution in [1.82, 2.24) is 0 Å². The summed E-state index contributed by atoms with van der Waals surface area (Å²) in [5.41, 5.74) is 0.630. The van der Waals surface area contributed by atoms with Crippen molar-refractivity contribution in [2.24, 2.45) is 16.2 Å². The smallest absolute Gasteiger partial charge is 0.317 e. The van der Waals surface area contributed by atoms with Crippen LogP contribution in [-0.4, -0.2) is 5.97 Å². The fraction of sp³-hybridized carbons (Fsp3) is 0.696. The third kappa shape index (κ3) is 8.07. The van der Waals surface area contributed by atoms with Crippen LogP contribution in [0, 0.1) is 16.2 Å². The van der Waals surface area contributed by atoms with Gasteiger partial charge in [0.05, 0.1) is 5.41 Å². The van der Waals surface area contributed by atoms with Gasteiger partial charge in [0.15, 0.2) is 0 Å². The SMILES string of the molecule is C=C/C(=C\C=C(/C)C(C)(C)C)OC(=O)C(C)(CCC)C(C)(C)C.CC. The Bertz CT molecular complexity index is 481. The van der Waals surface area contributed by atoms with Gasteiger partial charge in [0.1, 0.15) is 5.76 Å². The monoisotopic (exact) mass is 350 g/mol. The van der Waals surface area contributed by atoms with Crippen molar-refractivity contribution < 1.29 is 9.53 Å². The van der Waals surface area contributed by atoms with Gasteiger partial charge in [-0.15, -0.1) is 0 Å². The van der Waals surface area contributed by atoms with Crippen LogP contribution in [0.25, 0.3) is 0 Å². The summed E-state index contributed by atoms with van der Waals surface area (Å²) in [6.45, 7) is 26.7. The third-order valence-corrected chi connectivity index (χ3v) is 4.95. The van der Waals surface area contributed by atoms with E-state index in [2.05, 4.69) is 62.0 Å². The first-order chi connectivity index (χ1) is 11.3. The molecule has 0 spiro atoms. The summed E-state index contributed by atoms with van der Waals surface area (Å²) in [6, 6.07) is 0. The summed E-state index contributed by atoms with van der Waals surface area (Å²) in [7, 11) is 0. The number of allylic oxidation sites excluding steroid dienone is 4. The zero-order valence-electron chi connectivity index (χ0n) is 18.7. The summed E-state index contributed by atoms with van der Waals surface area (Å²) in [5, 5.41) is 0. The summed E-state index contributed by atoms with van der Waals surface area (Å²) in [4.78, 5) is 12.8. The van der Waals surface area contributed by atoms with Gasteiger partial charge in [-0.05, 0) is 43.3 Å². The zero-order chi connectivity index (χ0) is 20.5. The maximum atomic E-state index is 12.8. The number of esters is 1. The van der Waals surface area contributed by atoms with Crippen molar-refractivity contribution in [2.75, 3.05) is 0 Å². The zero-order valence-corrected chi connectivity index (χ0v) is 18.7. The Morgan fingerprint density at radius 2 is 1.48 bits per heavy atom. The van der Waals surface area contributed by atoms with Crippen molar-refractivity contribution in [1.29, 1.82) is 0 Å². The molecule has 0 aliphatic heterocycles. The van der Waals surface area contributed by atoms with Gasteiger partial charge in [-0.2, -0.15) is 0 Å². The molecule has 0 aromatic heterocycles. The molecule has 0 N–H and O–H groups in total. The van der Waals surface area contributed by atoms with Crippen LogP contribution in [0.1, 0.15) is 89.0 Å². The summed E-state index contributed by atoms with van der Waals surface area (Å²) in [6.07, 6.45) is 7.17. The molecule has 0 aliphatic carbocycles. The average molecular weight is 351 g/mol. The Balaban J connectivity index is 0. The second-order valence-corrected chi connectivity index (χ2v) is 8.59. The Morgan fingerprint density at radius 3 is 1.80 bits per heavy atom. The first-order valence-corrected chi connectivity index (χ1v) is 9.53. The lowest BCUT2D eigenvalue weighted by Gasteiger charge is -2.39. The number of ether oxygens (including phenoxy) is 1. The quantitative estimate of drug-likeness (QED) is 0.282. The standard InChI is InChI=1S/C21H36O2.C2H6/c1-11-15-21(10,20(7,8)9)18(22)23-17(12-2)14-13-16(3)19(4,5)6;1-2/h12-14H,2,11,15H2,1,3-10H3;1-2H3/b16-13+,17-14+;. The van der Waals surface area contributed by atoms with Gasteiger partial charge in [-0.25, -0.2) is 0 Å². The molecular weight excluding hydrogens is 308 g/mol. The van der Waals surface area contributed by atoms with Crippen LogP contribution in [0.15, 0.2) is 36.1 Å². The molecule has 1 unspecified atom stereocenters. The highest BCUT2D eigenvalue weighted by Crippen LogP contribution is 2.43. The van der Waals surface area contributed by atoms with Crippen LogP contribution in [0.2, 0.25) is 0 Å². The van der Waals surface area contributed by atoms with Crippen LogP contribution in [0.3, 0.4) is 0 Å². The average Bonchev–Trinajstić information content (AvgIpc) is 2.50. The lowest BCUT2D eigenvalue weighted by molar-refractivity contribution is -0.157. The molecule has 0 aliphatic rings. The highest BCUT2D eigenvalue weighted by atomic mass is 16.5. The van der Waals surface area contributed by atoms with E-state index in [1.54, 1.807) is 6.08 Å². The fourth-order valence-electron chi connectivity index (χ4n) is 2.10. The van der Waals surface area contributed by atoms with Crippen LogP contribution in [0.4, 0.5) is 0 Å². The summed E-state index contributed by atoms with van der Waals surface area (Å²) >= 11 is 0. The second kappa shape index (κ2) is 10.6. The van der Waals surface area contributed by atoms with E-state index in [0.29, 0.717) is 5.76 Å². The Labute approximate surface area is 157 Å². The fourth-order valence-corrected chi connectivity index (χ4v) is 2.10. The van der Waals surface area contributed by atoms with Gasteiger partial charge in [-0.1, -0.05) is 87.0 Å². The van der Waals surface area contributed by atoms with E-state index >= 15 is 0 Å². The molecule has 0 bridgehead atoms. The van der Waals surface area contributed by atoms with Gasteiger partial charge >= 0.3 is 5.97 Å². The van der Waals surface area contributed by atoms with E-state index < -0.39 is 5.41 Å². The van der Waals surface area contributed by atoms with E-state index in [0.717, 1.165) is 12.8 Å². The molecule has 2 nitrogen and oxygen atoms in total. The van der Waals surface area contributed by atoms with Gasteiger partial charge < -0.3 is 4.74 Å². The van der Waals surface area contributed by atoms with Crippen LogP contribution in [0.5, 0.6) is 0 Å². The number of hydrogen-bond donors (Lipinski definition) is 0. The first kappa shape index (κ1) is 25.9. The highest BCUT2D eigenvalue weighted by molar-refractivity contribution is 5.78. The predicted octanol–water partition coefficient (Wildman–Crippen LogP) is 7.47. The second-order valence-electron chi connectivity index (χ2n) is 8.59. The van der Waals surface area contributed by atoms with E-state index in [-0.39, 0.29) is 16.8 Å². The number of hydrogen-bond acceptors (Lipinski definition) is 2. The Kier molecular flexibility index (Phi) is 11.0.